The number of nitrogens with two attached hydrogens (primary N) is 1. The number of ketones is 1. The average Bonchev–Trinajstić information content (AvgIpc) is 2.18. The molecular formula is C10H8ClNO3. The molecule has 1 rings (SSSR count). The van der Waals surface area contributed by atoms with Crippen LogP contribution >= 0.6 is 11.6 Å². The molecule has 4 nitrogen and oxygen atoms in total. The molecule has 0 saturated carbocycles. The van der Waals surface area contributed by atoms with Crippen LogP contribution in [0.4, 0.5) is 0 Å². The third-order valence-corrected chi connectivity index (χ3v) is 1.91. The van der Waals surface area contributed by atoms with Crippen molar-refractivity contribution in [3.05, 3.63) is 46.6 Å². The number of hydrogen-bond acceptors (Lipinski definition) is 3. The van der Waals surface area contributed by atoms with Gasteiger partial charge in [-0.25, -0.2) is 4.79 Å². The van der Waals surface area contributed by atoms with E-state index in [-0.39, 0.29) is 0 Å². The first-order valence-electron chi connectivity index (χ1n) is 4.01. The van der Waals surface area contributed by atoms with Gasteiger partial charge in [0.25, 0.3) is 0 Å². The minimum Gasteiger partial charge on any atom is -0.477 e. The van der Waals surface area contributed by atoms with Gasteiger partial charge in [0.15, 0.2) is 5.78 Å². The molecule has 0 aliphatic carbocycles. The van der Waals surface area contributed by atoms with Gasteiger partial charge in [-0.1, -0.05) is 11.6 Å². The summed E-state index contributed by atoms with van der Waals surface area (Å²) in [4.78, 5) is 21.8. The molecule has 0 heterocycles. The summed E-state index contributed by atoms with van der Waals surface area (Å²) in [5.74, 6) is -1.79. The smallest absolute Gasteiger partial charge is 0.351 e. The summed E-state index contributed by atoms with van der Waals surface area (Å²) in [5.41, 5.74) is 4.95. The Bertz CT molecular complexity index is 423. The first-order chi connectivity index (χ1) is 7.00. The van der Waals surface area contributed by atoms with Crippen LogP contribution in [0.2, 0.25) is 5.02 Å². The van der Waals surface area contributed by atoms with Crippen LogP contribution in [0.1, 0.15) is 10.4 Å². The van der Waals surface area contributed by atoms with E-state index in [1.807, 2.05) is 0 Å². The van der Waals surface area contributed by atoms with Crippen molar-refractivity contribution >= 4 is 23.4 Å². The Kier molecular flexibility index (Phi) is 3.46. The standard InChI is InChI=1S/C10H8ClNO3/c11-7-3-1-6(2-4-7)9(13)5-8(12)10(14)15/h1-5H,12H2,(H,14,15)/b8-5+. The van der Waals surface area contributed by atoms with Crippen molar-refractivity contribution < 1.29 is 14.7 Å². The number of carboxylic acid groups (broad SMARTS) is 1. The molecule has 15 heavy (non-hydrogen) atoms. The van der Waals surface area contributed by atoms with Gasteiger partial charge in [-0.15, -0.1) is 0 Å². The van der Waals surface area contributed by atoms with Crippen LogP contribution in [0, 0.1) is 0 Å². The minimum atomic E-state index is -1.32. The van der Waals surface area contributed by atoms with E-state index in [1.165, 1.54) is 12.1 Å². The second-order valence-electron chi connectivity index (χ2n) is 2.78. The molecule has 0 spiro atoms. The van der Waals surface area contributed by atoms with E-state index >= 15 is 0 Å². The number of hydrogen-bond donors (Lipinski definition) is 2. The maximum absolute atomic E-state index is 11.4. The van der Waals surface area contributed by atoms with Crippen molar-refractivity contribution in [3.63, 3.8) is 0 Å². The number of carbonyl (C=O) groups excluding carboxylic acids is 1. The minimum absolute atomic E-state index is 0.337. The average molecular weight is 226 g/mol. The summed E-state index contributed by atoms with van der Waals surface area (Å²) in [6.07, 6.45) is 0.867. The van der Waals surface area contributed by atoms with Crippen LogP contribution in [-0.2, 0) is 4.79 Å². The maximum Gasteiger partial charge on any atom is 0.351 e. The van der Waals surface area contributed by atoms with E-state index in [0.29, 0.717) is 10.6 Å². The normalized spacial score (nSPS) is 11.1. The van der Waals surface area contributed by atoms with E-state index in [4.69, 9.17) is 22.4 Å². The van der Waals surface area contributed by atoms with Crippen molar-refractivity contribution in [2.45, 2.75) is 0 Å². The molecule has 0 aliphatic rings. The highest BCUT2D eigenvalue weighted by molar-refractivity contribution is 6.30. The summed E-state index contributed by atoms with van der Waals surface area (Å²) < 4.78 is 0. The fraction of sp³-hybridized carbons (Fsp3) is 0. The van der Waals surface area contributed by atoms with Crippen molar-refractivity contribution in [3.8, 4) is 0 Å². The van der Waals surface area contributed by atoms with Gasteiger partial charge in [-0.05, 0) is 24.3 Å². The Hall–Kier alpha value is -1.81. The quantitative estimate of drug-likeness (QED) is 0.603. The van der Waals surface area contributed by atoms with Crippen molar-refractivity contribution in [2.24, 2.45) is 5.73 Å². The SMILES string of the molecule is N/C(=C/C(=O)c1ccc(Cl)cc1)C(=O)O. The zero-order valence-electron chi connectivity index (χ0n) is 7.61. The highest BCUT2D eigenvalue weighted by Gasteiger charge is 2.07. The number of rotatable bonds is 3. The van der Waals surface area contributed by atoms with Crippen LogP contribution in [0.3, 0.4) is 0 Å². The van der Waals surface area contributed by atoms with Crippen molar-refractivity contribution in [1.29, 1.82) is 0 Å². The summed E-state index contributed by atoms with van der Waals surface area (Å²) >= 11 is 5.63. The number of aliphatic carboxylic acids is 1. The monoisotopic (exact) mass is 225 g/mol. The lowest BCUT2D eigenvalue weighted by Gasteiger charge is -1.96. The molecule has 1 aromatic rings. The highest BCUT2D eigenvalue weighted by atomic mass is 35.5. The zero-order chi connectivity index (χ0) is 11.4. The summed E-state index contributed by atoms with van der Waals surface area (Å²) in [6.45, 7) is 0. The van der Waals surface area contributed by atoms with Gasteiger partial charge in [-0.2, -0.15) is 0 Å². The molecule has 0 amide bonds. The van der Waals surface area contributed by atoms with E-state index < -0.39 is 17.4 Å². The summed E-state index contributed by atoms with van der Waals surface area (Å²) in [7, 11) is 0. The van der Waals surface area contributed by atoms with Crippen LogP contribution in [0.25, 0.3) is 0 Å². The molecule has 0 bridgehead atoms. The fourth-order valence-corrected chi connectivity index (χ4v) is 1.03. The Morgan fingerprint density at radius 3 is 2.27 bits per heavy atom. The fourth-order valence-electron chi connectivity index (χ4n) is 0.900. The van der Waals surface area contributed by atoms with Gasteiger partial charge < -0.3 is 10.8 Å². The third-order valence-electron chi connectivity index (χ3n) is 1.66. The lowest BCUT2D eigenvalue weighted by Crippen LogP contribution is -2.12. The zero-order valence-corrected chi connectivity index (χ0v) is 8.36. The predicted molar refractivity (Wildman–Crippen MR) is 55.7 cm³/mol. The molecule has 0 fully saturated rings. The molecule has 0 atom stereocenters. The summed E-state index contributed by atoms with van der Waals surface area (Å²) in [6, 6.07) is 6.08. The van der Waals surface area contributed by atoms with Crippen LogP contribution in [0.5, 0.6) is 0 Å². The first-order valence-corrected chi connectivity index (χ1v) is 4.39. The molecular weight excluding hydrogens is 218 g/mol. The molecule has 78 valence electrons. The van der Waals surface area contributed by atoms with E-state index in [1.54, 1.807) is 12.1 Å². The van der Waals surface area contributed by atoms with Crippen molar-refractivity contribution in [2.75, 3.05) is 0 Å². The molecule has 1 aromatic carbocycles. The summed E-state index contributed by atoms with van der Waals surface area (Å²) in [5, 5.41) is 8.96. The number of benzene rings is 1. The molecule has 0 saturated heterocycles. The number of allylic oxidation sites excluding steroid dienone is 1. The molecule has 0 aliphatic heterocycles. The Morgan fingerprint density at radius 2 is 1.80 bits per heavy atom. The van der Waals surface area contributed by atoms with Gasteiger partial charge in [0.2, 0.25) is 0 Å². The maximum atomic E-state index is 11.4. The van der Waals surface area contributed by atoms with Gasteiger partial charge >= 0.3 is 5.97 Å². The number of carbonyl (C=O) groups is 2. The van der Waals surface area contributed by atoms with Gasteiger partial charge in [-0.3, -0.25) is 4.79 Å². The van der Waals surface area contributed by atoms with Crippen LogP contribution in [0.15, 0.2) is 36.0 Å². The second kappa shape index (κ2) is 4.61. The number of halogens is 1. The second-order valence-corrected chi connectivity index (χ2v) is 3.21. The van der Waals surface area contributed by atoms with Crippen molar-refractivity contribution in [1.82, 2.24) is 0 Å². The predicted octanol–water partition coefficient (Wildman–Crippen LogP) is 1.45. The topological polar surface area (TPSA) is 80.4 Å². The van der Waals surface area contributed by atoms with Crippen LogP contribution in [-0.4, -0.2) is 16.9 Å². The molecule has 0 unspecified atom stereocenters. The lowest BCUT2D eigenvalue weighted by molar-refractivity contribution is -0.132. The van der Waals surface area contributed by atoms with E-state index in [0.717, 1.165) is 6.08 Å². The van der Waals surface area contributed by atoms with Gasteiger partial charge in [0, 0.05) is 16.7 Å². The Balaban J connectivity index is 2.91. The van der Waals surface area contributed by atoms with Gasteiger partial charge in [0.05, 0.1) is 0 Å². The first kappa shape index (κ1) is 11.3. The highest BCUT2D eigenvalue weighted by Crippen LogP contribution is 2.10. The van der Waals surface area contributed by atoms with E-state index in [2.05, 4.69) is 0 Å². The molecule has 0 aromatic heterocycles. The van der Waals surface area contributed by atoms with E-state index in [9.17, 15) is 9.59 Å². The Labute approximate surface area is 91.0 Å². The Morgan fingerprint density at radius 1 is 1.27 bits per heavy atom. The van der Waals surface area contributed by atoms with Gasteiger partial charge in [0.1, 0.15) is 5.70 Å². The molecule has 0 radical (unpaired) electrons. The largest absolute Gasteiger partial charge is 0.477 e. The third kappa shape index (κ3) is 3.11. The molecule has 5 heteroatoms. The molecule has 3 N–H and O–H groups in total. The lowest BCUT2D eigenvalue weighted by atomic mass is 10.1. The van der Waals surface area contributed by atoms with Crippen LogP contribution < -0.4 is 5.73 Å². The number of carboxylic acids is 1.